The summed E-state index contributed by atoms with van der Waals surface area (Å²) in [4.78, 5) is 28.5. The number of hydrogen-bond acceptors (Lipinski definition) is 7. The van der Waals surface area contributed by atoms with Crippen molar-refractivity contribution in [3.8, 4) is 11.5 Å². The molecule has 0 spiro atoms. The van der Waals surface area contributed by atoms with Gasteiger partial charge in [-0.1, -0.05) is 0 Å². The molecular weight excluding hydrogens is 358 g/mol. The third-order valence-corrected chi connectivity index (χ3v) is 4.14. The van der Waals surface area contributed by atoms with E-state index >= 15 is 0 Å². The number of nitrogens with one attached hydrogen (secondary N) is 2. The van der Waals surface area contributed by atoms with Gasteiger partial charge in [-0.15, -0.1) is 11.3 Å². The molecule has 26 heavy (non-hydrogen) atoms. The van der Waals surface area contributed by atoms with Crippen molar-refractivity contribution >= 4 is 28.3 Å². The Morgan fingerprint density at radius 2 is 1.77 bits per heavy atom. The molecule has 2 amide bonds. The predicted molar refractivity (Wildman–Crippen MR) is 98.4 cm³/mol. The van der Waals surface area contributed by atoms with Crippen molar-refractivity contribution in [1.29, 1.82) is 0 Å². The van der Waals surface area contributed by atoms with Gasteiger partial charge in [-0.3, -0.25) is 14.9 Å². The highest BCUT2D eigenvalue weighted by atomic mass is 32.1. The molecule has 0 fully saturated rings. The number of methoxy groups -OCH3 is 3. The van der Waals surface area contributed by atoms with E-state index in [1.807, 2.05) is 0 Å². The molecule has 140 valence electrons. The number of benzene rings is 1. The Morgan fingerprint density at radius 3 is 2.38 bits per heavy atom. The Morgan fingerprint density at radius 1 is 1.08 bits per heavy atom. The third kappa shape index (κ3) is 5.43. The zero-order chi connectivity index (χ0) is 18.9. The van der Waals surface area contributed by atoms with E-state index in [9.17, 15) is 9.59 Å². The summed E-state index contributed by atoms with van der Waals surface area (Å²) in [5, 5.41) is 7.33. The molecule has 0 bridgehead atoms. The van der Waals surface area contributed by atoms with Crippen molar-refractivity contribution < 1.29 is 23.8 Å². The molecule has 0 atom stereocenters. The molecule has 0 saturated carbocycles. The highest BCUT2D eigenvalue weighted by Crippen LogP contribution is 2.24. The van der Waals surface area contributed by atoms with Crippen LogP contribution in [-0.2, 0) is 4.74 Å². The van der Waals surface area contributed by atoms with E-state index in [1.54, 1.807) is 30.7 Å². The van der Waals surface area contributed by atoms with E-state index in [2.05, 4.69) is 15.6 Å². The van der Waals surface area contributed by atoms with E-state index in [0.29, 0.717) is 41.8 Å². The van der Waals surface area contributed by atoms with Gasteiger partial charge < -0.3 is 19.5 Å². The molecule has 0 aliphatic heterocycles. The topological polar surface area (TPSA) is 98.8 Å². The minimum Gasteiger partial charge on any atom is -0.497 e. The number of anilines is 1. The second-order valence-corrected chi connectivity index (χ2v) is 6.05. The Balaban J connectivity index is 2.00. The first-order valence-electron chi connectivity index (χ1n) is 7.84. The summed E-state index contributed by atoms with van der Waals surface area (Å²) in [6, 6.07) is 4.86. The van der Waals surface area contributed by atoms with Gasteiger partial charge in [0.25, 0.3) is 11.8 Å². The fourth-order valence-corrected chi connectivity index (χ4v) is 2.74. The van der Waals surface area contributed by atoms with Crippen molar-refractivity contribution in [3.05, 3.63) is 34.8 Å². The van der Waals surface area contributed by atoms with E-state index in [0.717, 1.165) is 0 Å². The SMILES string of the molecule is COCCCNC(=O)c1csc(NC(=O)c2cc(OC)cc(OC)c2)n1. The summed E-state index contributed by atoms with van der Waals surface area (Å²) >= 11 is 1.17. The summed E-state index contributed by atoms with van der Waals surface area (Å²) in [5.74, 6) is 0.346. The van der Waals surface area contributed by atoms with E-state index in [4.69, 9.17) is 14.2 Å². The lowest BCUT2D eigenvalue weighted by Gasteiger charge is -2.08. The number of ether oxygens (including phenoxy) is 3. The number of amides is 2. The molecule has 0 unspecified atom stereocenters. The van der Waals surface area contributed by atoms with Gasteiger partial charge in [-0.25, -0.2) is 4.98 Å². The highest BCUT2D eigenvalue weighted by molar-refractivity contribution is 7.14. The summed E-state index contributed by atoms with van der Waals surface area (Å²) < 4.78 is 15.2. The fourth-order valence-electron chi connectivity index (χ4n) is 2.05. The second-order valence-electron chi connectivity index (χ2n) is 5.20. The number of thiazole rings is 1. The van der Waals surface area contributed by atoms with Gasteiger partial charge in [0.05, 0.1) is 14.2 Å². The van der Waals surface area contributed by atoms with E-state index < -0.39 is 0 Å². The summed E-state index contributed by atoms with van der Waals surface area (Å²) in [5.41, 5.74) is 0.618. The normalized spacial score (nSPS) is 10.3. The highest BCUT2D eigenvalue weighted by Gasteiger charge is 2.14. The maximum Gasteiger partial charge on any atom is 0.270 e. The molecule has 0 saturated heterocycles. The Hall–Kier alpha value is -2.65. The Bertz CT molecular complexity index is 740. The molecule has 2 rings (SSSR count). The van der Waals surface area contributed by atoms with E-state index in [1.165, 1.54) is 25.6 Å². The van der Waals surface area contributed by atoms with Crippen molar-refractivity contribution in [1.82, 2.24) is 10.3 Å². The Kier molecular flexibility index (Phi) is 7.37. The lowest BCUT2D eigenvalue weighted by molar-refractivity contribution is 0.0943. The van der Waals surface area contributed by atoms with Crippen LogP contribution in [0.25, 0.3) is 0 Å². The van der Waals surface area contributed by atoms with Gasteiger partial charge in [0.1, 0.15) is 17.2 Å². The maximum absolute atomic E-state index is 12.4. The van der Waals surface area contributed by atoms with Crippen LogP contribution in [0, 0.1) is 0 Å². The quantitative estimate of drug-likeness (QED) is 0.648. The first-order chi connectivity index (χ1) is 12.6. The number of hydrogen-bond donors (Lipinski definition) is 2. The molecule has 8 nitrogen and oxygen atoms in total. The van der Waals surface area contributed by atoms with Gasteiger partial charge in [0.2, 0.25) is 0 Å². The number of nitrogens with zero attached hydrogens (tertiary/aromatic N) is 1. The standard InChI is InChI=1S/C17H21N3O5S/c1-23-6-4-5-18-16(22)14-10-26-17(19-14)20-15(21)11-7-12(24-2)9-13(8-11)25-3/h7-10H,4-6H2,1-3H3,(H,18,22)(H,19,20,21). The van der Waals surface area contributed by atoms with Crippen LogP contribution in [0.15, 0.2) is 23.6 Å². The first-order valence-corrected chi connectivity index (χ1v) is 8.72. The third-order valence-electron chi connectivity index (χ3n) is 3.38. The molecule has 1 heterocycles. The van der Waals surface area contributed by atoms with Crippen molar-refractivity contribution in [2.75, 3.05) is 39.8 Å². The summed E-state index contributed by atoms with van der Waals surface area (Å²) in [7, 11) is 4.62. The second kappa shape index (κ2) is 9.73. The molecule has 1 aromatic carbocycles. The lowest BCUT2D eigenvalue weighted by Crippen LogP contribution is -2.25. The molecule has 0 aliphatic rings. The minimum atomic E-state index is -0.372. The van der Waals surface area contributed by atoms with Crippen LogP contribution in [0.4, 0.5) is 5.13 Å². The number of carbonyl (C=O) groups excluding carboxylic acids is 2. The van der Waals surface area contributed by atoms with Crippen molar-refractivity contribution in [3.63, 3.8) is 0 Å². The van der Waals surface area contributed by atoms with Crippen LogP contribution in [0.2, 0.25) is 0 Å². The fraction of sp³-hybridized carbons (Fsp3) is 0.353. The molecule has 0 aliphatic carbocycles. The smallest absolute Gasteiger partial charge is 0.270 e. The van der Waals surface area contributed by atoms with Crippen LogP contribution in [0.3, 0.4) is 0 Å². The Labute approximate surface area is 155 Å². The number of aromatic nitrogens is 1. The molecule has 9 heteroatoms. The average Bonchev–Trinajstić information content (AvgIpc) is 3.13. The number of rotatable bonds is 9. The zero-order valence-corrected chi connectivity index (χ0v) is 15.6. The molecule has 0 radical (unpaired) electrons. The lowest BCUT2D eigenvalue weighted by atomic mass is 10.2. The van der Waals surface area contributed by atoms with Crippen molar-refractivity contribution in [2.24, 2.45) is 0 Å². The maximum atomic E-state index is 12.4. The van der Waals surface area contributed by atoms with E-state index in [-0.39, 0.29) is 17.5 Å². The van der Waals surface area contributed by atoms with Gasteiger partial charge in [-0.05, 0) is 18.6 Å². The van der Waals surface area contributed by atoms with Crippen LogP contribution >= 0.6 is 11.3 Å². The molecule has 2 N–H and O–H groups in total. The van der Waals surface area contributed by atoms with Crippen LogP contribution in [0.5, 0.6) is 11.5 Å². The van der Waals surface area contributed by atoms with Gasteiger partial charge in [0, 0.05) is 37.3 Å². The van der Waals surface area contributed by atoms with Crippen LogP contribution in [0.1, 0.15) is 27.3 Å². The van der Waals surface area contributed by atoms with Crippen molar-refractivity contribution in [2.45, 2.75) is 6.42 Å². The molecule has 1 aromatic heterocycles. The molecular formula is C17H21N3O5S. The molecule has 2 aromatic rings. The summed E-state index contributed by atoms with van der Waals surface area (Å²) in [6.45, 7) is 1.07. The van der Waals surface area contributed by atoms with Gasteiger partial charge >= 0.3 is 0 Å². The first kappa shape index (κ1) is 19.7. The largest absolute Gasteiger partial charge is 0.497 e. The zero-order valence-electron chi connectivity index (χ0n) is 14.8. The van der Waals surface area contributed by atoms with Crippen LogP contribution in [-0.4, -0.2) is 51.3 Å². The van der Waals surface area contributed by atoms with Gasteiger partial charge in [-0.2, -0.15) is 0 Å². The predicted octanol–water partition coefficient (Wildman–Crippen LogP) is 2.18. The minimum absolute atomic E-state index is 0.255. The summed E-state index contributed by atoms with van der Waals surface area (Å²) in [6.07, 6.45) is 0.716. The average molecular weight is 379 g/mol. The van der Waals surface area contributed by atoms with Crippen LogP contribution < -0.4 is 20.1 Å². The number of carbonyl (C=O) groups is 2. The van der Waals surface area contributed by atoms with Gasteiger partial charge in [0.15, 0.2) is 5.13 Å². The monoisotopic (exact) mass is 379 g/mol.